The average molecular weight is 396 g/mol. The van der Waals surface area contributed by atoms with E-state index in [1.807, 2.05) is 68.7 Å². The summed E-state index contributed by atoms with van der Waals surface area (Å²) < 4.78 is 2.13. The van der Waals surface area contributed by atoms with Crippen molar-refractivity contribution in [1.29, 1.82) is 0 Å². The van der Waals surface area contributed by atoms with Gasteiger partial charge in [0.2, 0.25) is 5.91 Å². The van der Waals surface area contributed by atoms with Crippen molar-refractivity contribution in [2.45, 2.75) is 6.54 Å². The zero-order valence-electron chi connectivity index (χ0n) is 17.1. The Morgan fingerprint density at radius 1 is 1.07 bits per heavy atom. The van der Waals surface area contributed by atoms with Gasteiger partial charge in [-0.2, -0.15) is 0 Å². The number of rotatable bonds is 6. The first-order chi connectivity index (χ1) is 14.6. The van der Waals surface area contributed by atoms with Gasteiger partial charge in [0, 0.05) is 43.3 Å². The van der Waals surface area contributed by atoms with Crippen molar-refractivity contribution < 1.29 is 4.79 Å². The molecule has 2 heterocycles. The highest BCUT2D eigenvalue weighted by Gasteiger charge is 2.10. The normalized spacial score (nSPS) is 11.1. The lowest BCUT2D eigenvalue weighted by atomic mass is 10.2. The topological polar surface area (TPSA) is 50.2 Å². The van der Waals surface area contributed by atoms with Crippen molar-refractivity contribution in [3.8, 4) is 0 Å². The second-order valence-corrected chi connectivity index (χ2v) is 7.25. The van der Waals surface area contributed by atoms with Gasteiger partial charge < -0.3 is 14.8 Å². The number of para-hydroxylation sites is 2. The van der Waals surface area contributed by atoms with Crippen LogP contribution in [0, 0.1) is 0 Å². The van der Waals surface area contributed by atoms with Crippen LogP contribution in [0.5, 0.6) is 0 Å². The van der Waals surface area contributed by atoms with Crippen molar-refractivity contribution in [2.75, 3.05) is 12.4 Å². The largest absolute Gasteiger partial charge is 0.346 e. The summed E-state index contributed by atoms with van der Waals surface area (Å²) in [7, 11) is 3.85. The second-order valence-electron chi connectivity index (χ2n) is 7.25. The van der Waals surface area contributed by atoms with Crippen LogP contribution in [0.3, 0.4) is 0 Å². The first kappa shape index (κ1) is 19.5. The smallest absolute Gasteiger partial charge is 0.246 e. The predicted octanol–water partition coefficient (Wildman–Crippen LogP) is 4.99. The molecule has 5 nitrogen and oxygen atoms in total. The number of pyridine rings is 1. The van der Waals surface area contributed by atoms with Gasteiger partial charge in [-0.1, -0.05) is 36.4 Å². The molecule has 2 aromatic carbocycles. The number of aryl methyl sites for hydroxylation is 1. The Bertz CT molecular complexity index is 1180. The summed E-state index contributed by atoms with van der Waals surface area (Å²) in [4.78, 5) is 18.7. The number of hydrogen-bond donors (Lipinski definition) is 1. The average Bonchev–Trinajstić information content (AvgIpc) is 3.09. The Morgan fingerprint density at radius 2 is 1.83 bits per heavy atom. The maximum absolute atomic E-state index is 12.6. The van der Waals surface area contributed by atoms with Crippen molar-refractivity contribution in [2.24, 2.45) is 7.05 Å². The predicted molar refractivity (Wildman–Crippen MR) is 122 cm³/mol. The minimum absolute atomic E-state index is 0.0493. The van der Waals surface area contributed by atoms with Crippen LogP contribution in [0.1, 0.15) is 11.3 Å². The molecule has 4 aromatic rings. The standard InChI is InChI=1S/C25H24N4O/c1-28(18-22-16-20-8-6-7-11-23(20)29(22)2)25(30)15-13-19-12-14-24(26-17-19)27-21-9-4-3-5-10-21/h3-17H,18H2,1-2H3,(H,26,27)/b15-13+. The lowest BCUT2D eigenvalue weighted by molar-refractivity contribution is -0.125. The van der Waals surface area contributed by atoms with Crippen LogP contribution in [0.4, 0.5) is 11.5 Å². The van der Waals surface area contributed by atoms with E-state index in [-0.39, 0.29) is 5.91 Å². The van der Waals surface area contributed by atoms with Gasteiger partial charge in [0.15, 0.2) is 0 Å². The Balaban J connectivity index is 1.38. The molecule has 0 radical (unpaired) electrons. The molecule has 0 fully saturated rings. The van der Waals surface area contributed by atoms with E-state index in [1.165, 1.54) is 10.9 Å². The SMILES string of the molecule is CN(Cc1cc2ccccc2n1C)C(=O)/C=C/c1ccc(Nc2ccccc2)nc1. The van der Waals surface area contributed by atoms with Crippen LogP contribution in [0.25, 0.3) is 17.0 Å². The molecular weight excluding hydrogens is 372 g/mol. The Kier molecular flexibility index (Phi) is 5.61. The highest BCUT2D eigenvalue weighted by molar-refractivity contribution is 5.91. The number of carbonyl (C=O) groups is 1. The molecule has 0 saturated heterocycles. The molecule has 5 heteroatoms. The van der Waals surface area contributed by atoms with Crippen LogP contribution in [-0.4, -0.2) is 27.4 Å². The van der Waals surface area contributed by atoms with Crippen LogP contribution < -0.4 is 5.32 Å². The fraction of sp³-hybridized carbons (Fsp3) is 0.120. The van der Waals surface area contributed by atoms with Gasteiger partial charge in [0.1, 0.15) is 5.82 Å². The number of benzene rings is 2. The molecule has 0 aliphatic heterocycles. The van der Waals surface area contributed by atoms with Crippen molar-refractivity contribution in [3.63, 3.8) is 0 Å². The molecule has 150 valence electrons. The molecule has 0 bridgehead atoms. The molecule has 1 amide bonds. The van der Waals surface area contributed by atoms with Gasteiger partial charge in [0.25, 0.3) is 0 Å². The van der Waals surface area contributed by atoms with Gasteiger partial charge in [0.05, 0.1) is 6.54 Å². The lowest BCUT2D eigenvalue weighted by Crippen LogP contribution is -2.25. The number of fused-ring (bicyclic) bond motifs is 1. The number of hydrogen-bond acceptors (Lipinski definition) is 3. The van der Waals surface area contributed by atoms with E-state index >= 15 is 0 Å². The Labute approximate surface area is 176 Å². The molecule has 0 aliphatic carbocycles. The summed E-state index contributed by atoms with van der Waals surface area (Å²) in [5.41, 5.74) is 4.12. The van der Waals surface area contributed by atoms with Crippen LogP contribution in [0.2, 0.25) is 0 Å². The van der Waals surface area contributed by atoms with E-state index in [4.69, 9.17) is 0 Å². The summed E-state index contributed by atoms with van der Waals surface area (Å²) in [5, 5.41) is 4.43. The van der Waals surface area contributed by atoms with Gasteiger partial charge in [-0.15, -0.1) is 0 Å². The number of likely N-dealkylation sites (N-methyl/N-ethyl adjacent to an activating group) is 1. The first-order valence-electron chi connectivity index (χ1n) is 9.85. The zero-order chi connectivity index (χ0) is 20.9. The first-order valence-corrected chi connectivity index (χ1v) is 9.85. The maximum Gasteiger partial charge on any atom is 0.246 e. The summed E-state index contributed by atoms with van der Waals surface area (Å²) in [6.45, 7) is 0.548. The molecule has 30 heavy (non-hydrogen) atoms. The van der Waals surface area contributed by atoms with Crippen LogP contribution in [0.15, 0.2) is 85.1 Å². The summed E-state index contributed by atoms with van der Waals surface area (Å²) in [5.74, 6) is 0.712. The van der Waals surface area contributed by atoms with Crippen LogP contribution in [-0.2, 0) is 18.4 Å². The lowest BCUT2D eigenvalue weighted by Gasteiger charge is -2.15. The maximum atomic E-state index is 12.6. The molecule has 0 aliphatic rings. The Hall–Kier alpha value is -3.86. The summed E-state index contributed by atoms with van der Waals surface area (Å²) in [6.07, 6.45) is 5.13. The number of amides is 1. The van der Waals surface area contributed by atoms with Gasteiger partial charge in [-0.3, -0.25) is 4.79 Å². The van der Waals surface area contributed by atoms with E-state index in [0.29, 0.717) is 6.54 Å². The van der Waals surface area contributed by atoms with E-state index in [9.17, 15) is 4.79 Å². The number of anilines is 2. The number of carbonyl (C=O) groups excluding carboxylic acids is 1. The molecular formula is C25H24N4O. The fourth-order valence-electron chi connectivity index (χ4n) is 3.36. The van der Waals surface area contributed by atoms with Gasteiger partial charge in [-0.25, -0.2) is 4.98 Å². The minimum Gasteiger partial charge on any atom is -0.346 e. The van der Waals surface area contributed by atoms with Gasteiger partial charge in [-0.05, 0) is 53.4 Å². The quantitative estimate of drug-likeness (QED) is 0.467. The second kappa shape index (κ2) is 8.66. The molecule has 0 saturated carbocycles. The third-order valence-corrected chi connectivity index (χ3v) is 5.08. The molecule has 1 N–H and O–H groups in total. The number of nitrogens with one attached hydrogen (secondary N) is 1. The van der Waals surface area contributed by atoms with E-state index in [2.05, 4.69) is 33.1 Å². The highest BCUT2D eigenvalue weighted by Crippen LogP contribution is 2.19. The Morgan fingerprint density at radius 3 is 2.57 bits per heavy atom. The fourth-order valence-corrected chi connectivity index (χ4v) is 3.36. The van der Waals surface area contributed by atoms with Crippen molar-refractivity contribution >= 4 is 34.4 Å². The van der Waals surface area contributed by atoms with E-state index < -0.39 is 0 Å². The summed E-state index contributed by atoms with van der Waals surface area (Å²) in [6, 6.07) is 24.1. The molecule has 0 atom stereocenters. The third-order valence-electron chi connectivity index (χ3n) is 5.08. The molecule has 0 spiro atoms. The molecule has 4 rings (SSSR count). The van der Waals surface area contributed by atoms with E-state index in [1.54, 1.807) is 23.2 Å². The van der Waals surface area contributed by atoms with E-state index in [0.717, 1.165) is 22.8 Å². The van der Waals surface area contributed by atoms with Crippen molar-refractivity contribution in [1.82, 2.24) is 14.5 Å². The van der Waals surface area contributed by atoms with Crippen molar-refractivity contribution in [3.05, 3.63) is 96.3 Å². The zero-order valence-corrected chi connectivity index (χ0v) is 17.1. The molecule has 0 unspecified atom stereocenters. The van der Waals surface area contributed by atoms with Gasteiger partial charge >= 0.3 is 0 Å². The number of nitrogens with zero attached hydrogens (tertiary/aromatic N) is 3. The number of aromatic nitrogens is 2. The highest BCUT2D eigenvalue weighted by atomic mass is 16.2. The van der Waals surface area contributed by atoms with Crippen LogP contribution >= 0.6 is 0 Å². The monoisotopic (exact) mass is 396 g/mol. The molecule has 2 aromatic heterocycles. The minimum atomic E-state index is -0.0493. The summed E-state index contributed by atoms with van der Waals surface area (Å²) >= 11 is 0. The third kappa shape index (κ3) is 4.41.